The maximum absolute atomic E-state index is 13.3. The lowest BCUT2D eigenvalue weighted by Gasteiger charge is -2.33. The van der Waals surface area contributed by atoms with E-state index in [4.69, 9.17) is 11.6 Å². The van der Waals surface area contributed by atoms with Crippen LogP contribution in [0.2, 0.25) is 5.02 Å². The van der Waals surface area contributed by atoms with E-state index in [1.165, 1.54) is 12.0 Å². The van der Waals surface area contributed by atoms with Crippen LogP contribution in [-0.4, -0.2) is 34.6 Å². The molecule has 4 nitrogen and oxygen atoms in total. The van der Waals surface area contributed by atoms with Crippen LogP contribution in [0.5, 0.6) is 0 Å². The molecule has 33 heavy (non-hydrogen) atoms. The van der Waals surface area contributed by atoms with E-state index < -0.39 is 6.04 Å². The van der Waals surface area contributed by atoms with Crippen molar-refractivity contribution in [2.45, 2.75) is 76.3 Å². The topological polar surface area (TPSA) is 49.4 Å². The molecule has 2 aromatic rings. The van der Waals surface area contributed by atoms with Gasteiger partial charge in [-0.05, 0) is 42.5 Å². The molecule has 0 heterocycles. The molecule has 0 aliphatic heterocycles. The van der Waals surface area contributed by atoms with Crippen LogP contribution in [0.1, 0.15) is 63.0 Å². The van der Waals surface area contributed by atoms with Crippen LogP contribution in [-0.2, 0) is 21.9 Å². The van der Waals surface area contributed by atoms with Gasteiger partial charge in [0.15, 0.2) is 0 Å². The second-order valence-corrected chi connectivity index (χ2v) is 10.2. The molecule has 0 radical (unpaired) electrons. The van der Waals surface area contributed by atoms with Crippen molar-refractivity contribution in [3.63, 3.8) is 0 Å². The predicted molar refractivity (Wildman–Crippen MR) is 138 cm³/mol. The third kappa shape index (κ3) is 8.38. The van der Waals surface area contributed by atoms with Crippen molar-refractivity contribution in [2.24, 2.45) is 0 Å². The summed E-state index contributed by atoms with van der Waals surface area (Å²) < 4.78 is 0. The van der Waals surface area contributed by atoms with Crippen molar-refractivity contribution in [1.29, 1.82) is 0 Å². The molecule has 1 atom stereocenters. The first-order valence-electron chi connectivity index (χ1n) is 12.0. The molecule has 0 aromatic heterocycles. The van der Waals surface area contributed by atoms with E-state index in [9.17, 15) is 9.59 Å². The summed E-state index contributed by atoms with van der Waals surface area (Å²) in [5.74, 6) is 1.61. The molecule has 1 fully saturated rings. The molecule has 1 aliphatic carbocycles. The van der Waals surface area contributed by atoms with Crippen LogP contribution in [0.3, 0.4) is 0 Å². The number of amides is 2. The first-order valence-corrected chi connectivity index (χ1v) is 13.6. The third-order valence-corrected chi connectivity index (χ3v) is 7.46. The van der Waals surface area contributed by atoms with Gasteiger partial charge in [-0.2, -0.15) is 11.8 Å². The minimum atomic E-state index is -0.464. The summed E-state index contributed by atoms with van der Waals surface area (Å²) in [6.45, 7) is 2.40. The molecule has 0 bridgehead atoms. The maximum Gasteiger partial charge on any atom is 0.243 e. The first-order chi connectivity index (χ1) is 16.1. The van der Waals surface area contributed by atoms with Crippen molar-refractivity contribution >= 4 is 35.2 Å². The molecular weight excluding hydrogens is 452 g/mol. The Balaban J connectivity index is 1.64. The number of rotatable bonds is 11. The number of nitrogens with zero attached hydrogens (tertiary/aromatic N) is 1. The smallest absolute Gasteiger partial charge is 0.243 e. The number of benzene rings is 2. The SMILES string of the molecule is CCC(C(=O)NC1CCCCC1)N(Cc1ccc(Cl)cc1)C(=O)CCSCc1ccccc1. The summed E-state index contributed by atoms with van der Waals surface area (Å²) in [5, 5.41) is 3.89. The fourth-order valence-electron chi connectivity index (χ4n) is 4.32. The van der Waals surface area contributed by atoms with Gasteiger partial charge in [-0.3, -0.25) is 9.59 Å². The Morgan fingerprint density at radius 2 is 1.73 bits per heavy atom. The summed E-state index contributed by atoms with van der Waals surface area (Å²) in [4.78, 5) is 28.3. The maximum atomic E-state index is 13.3. The Morgan fingerprint density at radius 3 is 2.39 bits per heavy atom. The van der Waals surface area contributed by atoms with Gasteiger partial charge in [0, 0.05) is 35.5 Å². The van der Waals surface area contributed by atoms with Crippen LogP contribution in [0.25, 0.3) is 0 Å². The second-order valence-electron chi connectivity index (χ2n) is 8.70. The van der Waals surface area contributed by atoms with Crippen LogP contribution in [0, 0.1) is 0 Å². The molecule has 6 heteroatoms. The van der Waals surface area contributed by atoms with Crippen molar-refractivity contribution in [2.75, 3.05) is 5.75 Å². The zero-order chi connectivity index (χ0) is 23.5. The summed E-state index contributed by atoms with van der Waals surface area (Å²) >= 11 is 7.80. The van der Waals surface area contributed by atoms with E-state index in [-0.39, 0.29) is 17.9 Å². The number of halogens is 1. The normalized spacial score (nSPS) is 15.1. The van der Waals surface area contributed by atoms with Gasteiger partial charge >= 0.3 is 0 Å². The fourth-order valence-corrected chi connectivity index (χ4v) is 5.34. The van der Waals surface area contributed by atoms with Crippen molar-refractivity contribution in [3.05, 3.63) is 70.7 Å². The van der Waals surface area contributed by atoms with Crippen LogP contribution >= 0.6 is 23.4 Å². The Kier molecular flexibility index (Phi) is 10.6. The molecule has 178 valence electrons. The molecule has 2 aromatic carbocycles. The first kappa shape index (κ1) is 25.6. The zero-order valence-corrected chi connectivity index (χ0v) is 21.0. The largest absolute Gasteiger partial charge is 0.352 e. The number of nitrogens with one attached hydrogen (secondary N) is 1. The second kappa shape index (κ2) is 13.7. The summed E-state index contributed by atoms with van der Waals surface area (Å²) in [6, 6.07) is 17.6. The number of carbonyl (C=O) groups excluding carboxylic acids is 2. The van der Waals surface area contributed by atoms with Crippen LogP contribution in [0.4, 0.5) is 0 Å². The lowest BCUT2D eigenvalue weighted by atomic mass is 9.95. The van der Waals surface area contributed by atoms with E-state index in [0.29, 0.717) is 24.4 Å². The molecule has 2 amide bonds. The highest BCUT2D eigenvalue weighted by Gasteiger charge is 2.30. The molecule has 3 rings (SSSR count). The Hall–Kier alpha value is -1.98. The minimum Gasteiger partial charge on any atom is -0.352 e. The average molecular weight is 487 g/mol. The zero-order valence-electron chi connectivity index (χ0n) is 19.5. The Labute approximate surface area is 207 Å². The summed E-state index contributed by atoms with van der Waals surface area (Å²) in [6.07, 6.45) is 6.63. The molecule has 0 spiro atoms. The molecule has 1 saturated carbocycles. The van der Waals surface area contributed by atoms with Gasteiger partial charge in [-0.25, -0.2) is 0 Å². The van der Waals surface area contributed by atoms with E-state index in [2.05, 4.69) is 17.4 Å². The van der Waals surface area contributed by atoms with Gasteiger partial charge in [0.05, 0.1) is 0 Å². The molecule has 1 unspecified atom stereocenters. The average Bonchev–Trinajstić information content (AvgIpc) is 2.84. The lowest BCUT2D eigenvalue weighted by Crippen LogP contribution is -2.51. The summed E-state index contributed by atoms with van der Waals surface area (Å²) in [7, 11) is 0. The van der Waals surface area contributed by atoms with Crippen molar-refractivity contribution < 1.29 is 9.59 Å². The number of carbonyl (C=O) groups is 2. The Bertz CT molecular complexity index is 869. The van der Waals surface area contributed by atoms with E-state index >= 15 is 0 Å². The highest BCUT2D eigenvalue weighted by Crippen LogP contribution is 2.21. The number of hydrogen-bond acceptors (Lipinski definition) is 3. The standard InChI is InChI=1S/C27H35ClN2O2S/c1-2-25(27(32)29-24-11-7-4-8-12-24)30(19-21-13-15-23(28)16-14-21)26(31)17-18-33-20-22-9-5-3-6-10-22/h3,5-6,9-10,13-16,24-25H,2,4,7-8,11-12,17-20H2,1H3,(H,29,32). The quantitative estimate of drug-likeness (QED) is 0.383. The van der Waals surface area contributed by atoms with Gasteiger partial charge in [-0.15, -0.1) is 0 Å². The highest BCUT2D eigenvalue weighted by atomic mass is 35.5. The Morgan fingerprint density at radius 1 is 1.03 bits per heavy atom. The van der Waals surface area contributed by atoms with Gasteiger partial charge in [0.25, 0.3) is 0 Å². The third-order valence-electron chi connectivity index (χ3n) is 6.18. The minimum absolute atomic E-state index is 0.0242. The van der Waals surface area contributed by atoms with E-state index in [1.54, 1.807) is 16.7 Å². The number of thioether (sulfide) groups is 1. The van der Waals surface area contributed by atoms with E-state index in [0.717, 1.165) is 42.8 Å². The van der Waals surface area contributed by atoms with E-state index in [1.807, 2.05) is 49.4 Å². The molecular formula is C27H35ClN2O2S. The number of hydrogen-bond donors (Lipinski definition) is 1. The van der Waals surface area contributed by atoms with Crippen molar-refractivity contribution in [1.82, 2.24) is 10.2 Å². The monoisotopic (exact) mass is 486 g/mol. The van der Waals surface area contributed by atoms with Gasteiger partial charge in [0.1, 0.15) is 6.04 Å². The predicted octanol–water partition coefficient (Wildman–Crippen LogP) is 6.22. The van der Waals surface area contributed by atoms with Crippen LogP contribution in [0.15, 0.2) is 54.6 Å². The molecule has 1 N–H and O–H groups in total. The summed E-state index contributed by atoms with van der Waals surface area (Å²) in [5.41, 5.74) is 2.24. The fraction of sp³-hybridized carbons (Fsp3) is 0.481. The lowest BCUT2D eigenvalue weighted by molar-refractivity contribution is -0.141. The van der Waals surface area contributed by atoms with Gasteiger partial charge in [-0.1, -0.05) is 80.3 Å². The van der Waals surface area contributed by atoms with Crippen molar-refractivity contribution in [3.8, 4) is 0 Å². The molecule has 1 aliphatic rings. The highest BCUT2D eigenvalue weighted by molar-refractivity contribution is 7.98. The molecule has 0 saturated heterocycles. The van der Waals surface area contributed by atoms with Gasteiger partial charge in [0.2, 0.25) is 11.8 Å². The van der Waals surface area contributed by atoms with Gasteiger partial charge < -0.3 is 10.2 Å². The van der Waals surface area contributed by atoms with Crippen LogP contribution < -0.4 is 5.32 Å².